The van der Waals surface area contributed by atoms with Gasteiger partial charge in [0.2, 0.25) is 5.91 Å². The van der Waals surface area contributed by atoms with Crippen LogP contribution in [0.3, 0.4) is 0 Å². The molecule has 2 amide bonds. The molecule has 0 spiro atoms. The van der Waals surface area contributed by atoms with Gasteiger partial charge in [0.05, 0.1) is 13.2 Å². The largest absolute Gasteiger partial charge is 0.383 e. The number of nitrogens with one attached hydrogen (secondary N) is 1. The van der Waals surface area contributed by atoms with Gasteiger partial charge in [-0.1, -0.05) is 0 Å². The molecular formula is C10H14N4O5. The molecule has 9 nitrogen and oxygen atoms in total. The minimum Gasteiger partial charge on any atom is -0.383 e. The third kappa shape index (κ3) is 4.85. The summed E-state index contributed by atoms with van der Waals surface area (Å²) < 4.78 is 5.91. The summed E-state index contributed by atoms with van der Waals surface area (Å²) in [5.41, 5.74) is 6.43. The van der Waals surface area contributed by atoms with Gasteiger partial charge in [0.1, 0.15) is 0 Å². The molecule has 0 saturated carbocycles. The molecule has 0 aromatic carbocycles. The Labute approximate surface area is 108 Å². The van der Waals surface area contributed by atoms with Crippen LogP contribution in [0.5, 0.6) is 0 Å². The van der Waals surface area contributed by atoms with Gasteiger partial charge in [-0.3, -0.25) is 19.2 Å². The van der Waals surface area contributed by atoms with Gasteiger partial charge < -0.3 is 10.5 Å². The number of primary amides is 1. The molecule has 1 aromatic rings. The zero-order valence-electron chi connectivity index (χ0n) is 10.3. The van der Waals surface area contributed by atoms with E-state index in [2.05, 4.69) is 9.94 Å². The molecule has 0 saturated heterocycles. The van der Waals surface area contributed by atoms with Gasteiger partial charge >= 0.3 is 0 Å². The molecule has 1 aromatic heterocycles. The Hall–Kier alpha value is -2.26. The van der Waals surface area contributed by atoms with E-state index in [0.29, 0.717) is 0 Å². The van der Waals surface area contributed by atoms with Gasteiger partial charge in [0.25, 0.3) is 11.5 Å². The van der Waals surface area contributed by atoms with Crippen LogP contribution in [-0.2, 0) is 20.9 Å². The lowest BCUT2D eigenvalue weighted by Gasteiger charge is -2.06. The standard InChI is InChI=1S/C10H14N4O5/c1-18-5-4-14-9(16)3-2-7(12-14)10(17)13-19-6-8(11)15/h2-3H,4-6H2,1H3,(H2,11,15)(H,13,17). The first-order valence-corrected chi connectivity index (χ1v) is 5.32. The fourth-order valence-electron chi connectivity index (χ4n) is 1.13. The highest BCUT2D eigenvalue weighted by atomic mass is 16.7. The number of hydrogen-bond donors (Lipinski definition) is 2. The Morgan fingerprint density at radius 2 is 2.21 bits per heavy atom. The highest BCUT2D eigenvalue weighted by Crippen LogP contribution is 1.91. The van der Waals surface area contributed by atoms with E-state index in [1.165, 1.54) is 19.2 Å². The molecule has 0 aliphatic heterocycles. The summed E-state index contributed by atoms with van der Waals surface area (Å²) in [6.45, 7) is 0.0593. The number of methoxy groups -OCH3 is 1. The molecular weight excluding hydrogens is 256 g/mol. The fourth-order valence-corrected chi connectivity index (χ4v) is 1.13. The molecule has 0 aliphatic rings. The van der Waals surface area contributed by atoms with Crippen molar-refractivity contribution in [3.05, 3.63) is 28.2 Å². The third-order valence-corrected chi connectivity index (χ3v) is 1.99. The zero-order valence-corrected chi connectivity index (χ0v) is 10.3. The smallest absolute Gasteiger partial charge is 0.295 e. The maximum absolute atomic E-state index is 11.6. The minimum atomic E-state index is -0.724. The first-order chi connectivity index (χ1) is 9.04. The first kappa shape index (κ1) is 14.8. The fraction of sp³-hybridized carbons (Fsp3) is 0.400. The number of nitrogens with two attached hydrogens (primary N) is 1. The van der Waals surface area contributed by atoms with E-state index < -0.39 is 18.4 Å². The van der Waals surface area contributed by atoms with Crippen LogP contribution in [-0.4, -0.2) is 41.9 Å². The monoisotopic (exact) mass is 270 g/mol. The molecule has 0 aliphatic carbocycles. The van der Waals surface area contributed by atoms with Crippen molar-refractivity contribution < 1.29 is 19.2 Å². The van der Waals surface area contributed by atoms with E-state index in [-0.39, 0.29) is 24.4 Å². The molecule has 0 atom stereocenters. The molecule has 19 heavy (non-hydrogen) atoms. The average molecular weight is 270 g/mol. The second-order valence-corrected chi connectivity index (χ2v) is 3.46. The van der Waals surface area contributed by atoms with Crippen LogP contribution < -0.4 is 16.8 Å². The van der Waals surface area contributed by atoms with Crippen molar-refractivity contribution in [2.45, 2.75) is 6.54 Å². The van der Waals surface area contributed by atoms with Crippen LogP contribution >= 0.6 is 0 Å². The van der Waals surface area contributed by atoms with Crippen LogP contribution in [0.25, 0.3) is 0 Å². The second-order valence-electron chi connectivity index (χ2n) is 3.46. The molecule has 3 N–H and O–H groups in total. The molecule has 0 fully saturated rings. The van der Waals surface area contributed by atoms with E-state index in [1.807, 2.05) is 5.48 Å². The van der Waals surface area contributed by atoms with Crippen LogP contribution in [0.4, 0.5) is 0 Å². The van der Waals surface area contributed by atoms with Crippen molar-refractivity contribution in [3.63, 3.8) is 0 Å². The molecule has 0 radical (unpaired) electrons. The topological polar surface area (TPSA) is 126 Å². The van der Waals surface area contributed by atoms with E-state index >= 15 is 0 Å². The number of amides is 2. The van der Waals surface area contributed by atoms with E-state index in [9.17, 15) is 14.4 Å². The minimum absolute atomic E-state index is 0.0276. The Morgan fingerprint density at radius 1 is 1.47 bits per heavy atom. The number of ether oxygens (including phenoxy) is 1. The Morgan fingerprint density at radius 3 is 2.84 bits per heavy atom. The van der Waals surface area contributed by atoms with Crippen molar-refractivity contribution in [3.8, 4) is 0 Å². The van der Waals surface area contributed by atoms with Crippen molar-refractivity contribution >= 4 is 11.8 Å². The van der Waals surface area contributed by atoms with E-state index in [1.54, 1.807) is 0 Å². The van der Waals surface area contributed by atoms with Crippen LogP contribution in [0.2, 0.25) is 0 Å². The SMILES string of the molecule is COCCn1nc(C(=O)NOCC(N)=O)ccc1=O. The Bertz CT molecular complexity index is 513. The first-order valence-electron chi connectivity index (χ1n) is 5.32. The van der Waals surface area contributed by atoms with Crippen molar-refractivity contribution in [1.82, 2.24) is 15.3 Å². The summed E-state index contributed by atoms with van der Waals surface area (Å²) in [6.07, 6.45) is 0. The zero-order chi connectivity index (χ0) is 14.3. The highest BCUT2D eigenvalue weighted by molar-refractivity contribution is 5.91. The summed E-state index contributed by atoms with van der Waals surface area (Å²) in [5.74, 6) is -1.41. The molecule has 1 rings (SSSR count). The van der Waals surface area contributed by atoms with Crippen molar-refractivity contribution in [1.29, 1.82) is 0 Å². The lowest BCUT2D eigenvalue weighted by atomic mass is 10.4. The molecule has 0 unspecified atom stereocenters. The maximum atomic E-state index is 11.6. The number of aromatic nitrogens is 2. The van der Waals surface area contributed by atoms with E-state index in [4.69, 9.17) is 10.5 Å². The quantitative estimate of drug-likeness (QED) is 0.554. The molecule has 9 heteroatoms. The number of carbonyl (C=O) groups is 2. The summed E-state index contributed by atoms with van der Waals surface area (Å²) in [4.78, 5) is 37.9. The number of nitrogens with zero attached hydrogens (tertiary/aromatic N) is 2. The van der Waals surface area contributed by atoms with Gasteiger partial charge in [-0.25, -0.2) is 10.2 Å². The third-order valence-electron chi connectivity index (χ3n) is 1.99. The number of hydroxylamine groups is 1. The number of hydrogen-bond acceptors (Lipinski definition) is 6. The van der Waals surface area contributed by atoms with Crippen LogP contribution in [0.1, 0.15) is 10.5 Å². The molecule has 104 valence electrons. The van der Waals surface area contributed by atoms with Gasteiger partial charge in [-0.15, -0.1) is 0 Å². The Balaban J connectivity index is 2.69. The molecule has 1 heterocycles. The normalized spacial score (nSPS) is 10.2. The number of rotatable bonds is 7. The highest BCUT2D eigenvalue weighted by Gasteiger charge is 2.10. The van der Waals surface area contributed by atoms with E-state index in [0.717, 1.165) is 4.68 Å². The lowest BCUT2D eigenvalue weighted by Crippen LogP contribution is -2.32. The van der Waals surface area contributed by atoms with Gasteiger partial charge in [-0.2, -0.15) is 5.10 Å². The lowest BCUT2D eigenvalue weighted by molar-refractivity contribution is -0.124. The molecule has 0 bridgehead atoms. The number of carbonyl (C=O) groups excluding carboxylic acids is 2. The van der Waals surface area contributed by atoms with Crippen LogP contribution in [0, 0.1) is 0 Å². The summed E-state index contributed by atoms with van der Waals surface area (Å²) in [5, 5.41) is 3.82. The van der Waals surface area contributed by atoms with Gasteiger partial charge in [-0.05, 0) is 6.07 Å². The second kappa shape index (κ2) is 7.24. The van der Waals surface area contributed by atoms with Gasteiger partial charge in [0, 0.05) is 13.2 Å². The predicted molar refractivity (Wildman–Crippen MR) is 63.0 cm³/mol. The summed E-state index contributed by atoms with van der Waals surface area (Å²) in [6, 6.07) is 2.44. The van der Waals surface area contributed by atoms with Gasteiger partial charge in [0.15, 0.2) is 12.3 Å². The summed E-state index contributed by atoms with van der Waals surface area (Å²) in [7, 11) is 1.49. The maximum Gasteiger partial charge on any atom is 0.295 e. The van der Waals surface area contributed by atoms with Crippen molar-refractivity contribution in [2.75, 3.05) is 20.3 Å². The van der Waals surface area contributed by atoms with Crippen LogP contribution in [0.15, 0.2) is 16.9 Å². The predicted octanol–water partition coefficient (Wildman–Crippen LogP) is -1.96. The Kier molecular flexibility index (Phi) is 5.64. The summed E-state index contributed by atoms with van der Waals surface area (Å²) >= 11 is 0. The van der Waals surface area contributed by atoms with Crippen molar-refractivity contribution in [2.24, 2.45) is 5.73 Å². The average Bonchev–Trinajstić information content (AvgIpc) is 2.37.